The van der Waals surface area contributed by atoms with Crippen LogP contribution in [0.3, 0.4) is 0 Å². The molecular formula is C17H19N9O3. The maximum atomic E-state index is 12.1. The summed E-state index contributed by atoms with van der Waals surface area (Å²) in [5, 5.41) is 18.0. The van der Waals surface area contributed by atoms with Crippen molar-refractivity contribution in [2.75, 3.05) is 5.73 Å². The number of hydrogen-bond donors (Lipinski definition) is 2. The number of nitrogens with two attached hydrogens (primary N) is 1. The molecule has 0 spiro atoms. The number of nitrogens with zero attached hydrogens (tertiary/aromatic N) is 7. The van der Waals surface area contributed by atoms with Gasteiger partial charge in [-0.2, -0.15) is 5.10 Å². The van der Waals surface area contributed by atoms with E-state index in [0.29, 0.717) is 17.0 Å². The number of hydrogen-bond acceptors (Lipinski definition) is 10. The van der Waals surface area contributed by atoms with Gasteiger partial charge in [0.2, 0.25) is 0 Å². The predicted molar refractivity (Wildman–Crippen MR) is 103 cm³/mol. The van der Waals surface area contributed by atoms with E-state index in [1.54, 1.807) is 24.6 Å². The molecule has 0 radical (unpaired) electrons. The number of carbonyl (C=O) groups excluding carboxylic acids is 1. The second-order valence-electron chi connectivity index (χ2n) is 6.15. The average Bonchev–Trinajstić information content (AvgIpc) is 3.41. The van der Waals surface area contributed by atoms with Crippen molar-refractivity contribution in [2.24, 2.45) is 5.10 Å². The number of fused-ring (bicyclic) bond motifs is 1. The van der Waals surface area contributed by atoms with Crippen molar-refractivity contribution < 1.29 is 14.1 Å². The molecule has 3 aromatic heterocycles. The van der Waals surface area contributed by atoms with Gasteiger partial charge in [0.25, 0.3) is 5.91 Å². The summed E-state index contributed by atoms with van der Waals surface area (Å²) in [4.78, 5) is 16.6. The van der Waals surface area contributed by atoms with Crippen LogP contribution in [-0.2, 0) is 11.3 Å². The summed E-state index contributed by atoms with van der Waals surface area (Å²) in [6.45, 7) is 5.41. The van der Waals surface area contributed by atoms with E-state index in [9.17, 15) is 4.79 Å². The zero-order valence-electron chi connectivity index (χ0n) is 16.0. The fraction of sp³-hybridized carbons (Fsp3) is 0.235. The summed E-state index contributed by atoms with van der Waals surface area (Å²) in [6, 6.07) is 7.42. The van der Waals surface area contributed by atoms with Gasteiger partial charge in [-0.3, -0.25) is 4.79 Å². The lowest BCUT2D eigenvalue weighted by Gasteiger charge is -2.06. The van der Waals surface area contributed by atoms with Gasteiger partial charge in [-0.15, -0.1) is 0 Å². The van der Waals surface area contributed by atoms with E-state index in [0.717, 1.165) is 16.9 Å². The SMILES string of the molecule is CC(C)=NNC(=O)Cn1c(-c2nonc2N)nc2ccccc21.Cc1cnon1. The normalized spacial score (nSPS) is 10.3. The molecule has 12 heteroatoms. The molecule has 0 bridgehead atoms. The van der Waals surface area contributed by atoms with Crippen molar-refractivity contribution in [3.63, 3.8) is 0 Å². The molecule has 4 aromatic rings. The van der Waals surface area contributed by atoms with Crippen LogP contribution in [0.2, 0.25) is 0 Å². The number of aromatic nitrogens is 6. The summed E-state index contributed by atoms with van der Waals surface area (Å²) in [7, 11) is 0. The molecule has 0 unspecified atom stereocenters. The summed E-state index contributed by atoms with van der Waals surface area (Å²) in [6.07, 6.45) is 1.56. The van der Waals surface area contributed by atoms with E-state index in [-0.39, 0.29) is 18.3 Å². The Morgan fingerprint density at radius 2 is 2.00 bits per heavy atom. The van der Waals surface area contributed by atoms with Gasteiger partial charge >= 0.3 is 0 Å². The van der Waals surface area contributed by atoms with E-state index in [1.807, 2.05) is 31.2 Å². The molecule has 0 atom stereocenters. The molecule has 0 fully saturated rings. The van der Waals surface area contributed by atoms with Gasteiger partial charge in [0.15, 0.2) is 17.3 Å². The van der Waals surface area contributed by atoms with Crippen LogP contribution in [0.5, 0.6) is 0 Å². The van der Waals surface area contributed by atoms with Crippen molar-refractivity contribution in [1.82, 2.24) is 35.6 Å². The third kappa shape index (κ3) is 4.80. The fourth-order valence-corrected chi connectivity index (χ4v) is 2.33. The third-order valence-electron chi connectivity index (χ3n) is 3.56. The molecular weight excluding hydrogens is 378 g/mol. The highest BCUT2D eigenvalue weighted by atomic mass is 16.6. The highest BCUT2D eigenvalue weighted by Crippen LogP contribution is 2.26. The number of nitrogens with one attached hydrogen (secondary N) is 1. The number of rotatable bonds is 4. The van der Waals surface area contributed by atoms with Gasteiger partial charge in [-0.05, 0) is 43.2 Å². The van der Waals surface area contributed by atoms with Crippen molar-refractivity contribution in [2.45, 2.75) is 27.3 Å². The Labute approximate surface area is 164 Å². The largest absolute Gasteiger partial charge is 0.379 e. The number of carbonyl (C=O) groups is 1. The number of benzene rings is 1. The van der Waals surface area contributed by atoms with E-state index in [2.05, 4.69) is 45.4 Å². The molecule has 3 N–H and O–H groups in total. The lowest BCUT2D eigenvalue weighted by atomic mass is 10.3. The number of aryl methyl sites for hydroxylation is 1. The molecule has 150 valence electrons. The molecule has 0 aliphatic carbocycles. The number of amides is 1. The van der Waals surface area contributed by atoms with Crippen LogP contribution in [0.4, 0.5) is 5.82 Å². The van der Waals surface area contributed by atoms with Gasteiger partial charge in [0.1, 0.15) is 12.2 Å². The van der Waals surface area contributed by atoms with Crippen LogP contribution in [0, 0.1) is 6.92 Å². The minimum atomic E-state index is -0.286. The lowest BCUT2D eigenvalue weighted by molar-refractivity contribution is -0.121. The Bertz CT molecular complexity index is 1120. The smallest absolute Gasteiger partial charge is 0.260 e. The highest BCUT2D eigenvalue weighted by Gasteiger charge is 2.20. The van der Waals surface area contributed by atoms with Crippen LogP contribution in [0.1, 0.15) is 19.5 Å². The number of imidazole rings is 1. The van der Waals surface area contributed by atoms with Crippen LogP contribution in [-0.4, -0.2) is 41.8 Å². The van der Waals surface area contributed by atoms with E-state index in [4.69, 9.17) is 5.73 Å². The molecule has 0 aliphatic rings. The maximum absolute atomic E-state index is 12.1. The second-order valence-corrected chi connectivity index (χ2v) is 6.15. The van der Waals surface area contributed by atoms with E-state index < -0.39 is 0 Å². The first-order valence-electron chi connectivity index (χ1n) is 8.53. The summed E-state index contributed by atoms with van der Waals surface area (Å²) in [5.41, 5.74) is 11.6. The standard InChI is InChI=1S/C14H15N7O2.C3H4N2O/c1-8(2)17-18-11(22)7-21-10-6-4-3-5-9(10)16-14(21)12-13(15)20-23-19-12;1-3-2-4-6-5-3/h3-6H,7H2,1-2H3,(H2,15,20)(H,18,22);2H,1H3. The van der Waals surface area contributed by atoms with Crippen molar-refractivity contribution >= 4 is 28.5 Å². The fourth-order valence-electron chi connectivity index (χ4n) is 2.33. The van der Waals surface area contributed by atoms with Gasteiger partial charge in [-0.1, -0.05) is 22.4 Å². The van der Waals surface area contributed by atoms with Crippen LogP contribution in [0.25, 0.3) is 22.6 Å². The van der Waals surface area contributed by atoms with Gasteiger partial charge in [0, 0.05) is 5.71 Å². The van der Waals surface area contributed by atoms with Crippen LogP contribution >= 0.6 is 0 Å². The molecule has 29 heavy (non-hydrogen) atoms. The summed E-state index contributed by atoms with van der Waals surface area (Å²) >= 11 is 0. The Hall–Kier alpha value is -4.09. The number of hydrazone groups is 1. The van der Waals surface area contributed by atoms with Crippen molar-refractivity contribution in [3.8, 4) is 11.5 Å². The lowest BCUT2D eigenvalue weighted by Crippen LogP contribution is -2.24. The van der Waals surface area contributed by atoms with Gasteiger partial charge in [-0.25, -0.2) is 19.7 Å². The quantitative estimate of drug-likeness (QED) is 0.384. The minimum absolute atomic E-state index is 0.0128. The average molecular weight is 397 g/mol. The van der Waals surface area contributed by atoms with Gasteiger partial charge in [0.05, 0.1) is 17.2 Å². The van der Waals surface area contributed by atoms with E-state index >= 15 is 0 Å². The molecule has 1 amide bonds. The zero-order chi connectivity index (χ0) is 20.8. The summed E-state index contributed by atoms with van der Waals surface area (Å²) < 4.78 is 10.5. The summed E-state index contributed by atoms with van der Waals surface area (Å²) in [5.74, 6) is 0.243. The van der Waals surface area contributed by atoms with Crippen molar-refractivity contribution in [3.05, 3.63) is 36.2 Å². The molecule has 3 heterocycles. The van der Waals surface area contributed by atoms with E-state index in [1.165, 1.54) is 0 Å². The highest BCUT2D eigenvalue weighted by molar-refractivity contribution is 5.86. The minimum Gasteiger partial charge on any atom is -0.379 e. The van der Waals surface area contributed by atoms with Crippen molar-refractivity contribution in [1.29, 1.82) is 0 Å². The molecule has 0 saturated carbocycles. The first kappa shape index (κ1) is 19.7. The number of anilines is 1. The Kier molecular flexibility index (Phi) is 5.92. The number of para-hydroxylation sites is 2. The topological polar surface area (TPSA) is 163 Å². The van der Waals surface area contributed by atoms with Gasteiger partial charge < -0.3 is 10.3 Å². The Morgan fingerprint density at radius 1 is 1.21 bits per heavy atom. The first-order valence-corrected chi connectivity index (χ1v) is 8.53. The Morgan fingerprint density at radius 3 is 2.59 bits per heavy atom. The molecule has 4 rings (SSSR count). The first-order chi connectivity index (χ1) is 14.0. The zero-order valence-corrected chi connectivity index (χ0v) is 16.0. The third-order valence-corrected chi connectivity index (χ3v) is 3.56. The Balaban J connectivity index is 0.000000343. The second kappa shape index (κ2) is 8.73. The monoisotopic (exact) mass is 397 g/mol. The number of nitrogen functional groups attached to an aromatic ring is 1. The molecule has 12 nitrogen and oxygen atoms in total. The maximum Gasteiger partial charge on any atom is 0.260 e. The predicted octanol–water partition coefficient (Wildman–Crippen LogP) is 1.56. The molecule has 1 aromatic carbocycles. The molecule has 0 aliphatic heterocycles. The molecule has 0 saturated heterocycles. The van der Waals surface area contributed by atoms with Crippen LogP contribution < -0.4 is 11.2 Å². The van der Waals surface area contributed by atoms with Crippen LogP contribution in [0.15, 0.2) is 44.8 Å².